The average Bonchev–Trinajstić information content (AvgIpc) is 2.89. The molecule has 0 amide bonds. The van der Waals surface area contributed by atoms with Gasteiger partial charge in [0.2, 0.25) is 0 Å². The van der Waals surface area contributed by atoms with E-state index in [0.717, 1.165) is 23.7 Å². The Morgan fingerprint density at radius 1 is 0.353 bits per heavy atom. The molecule has 0 saturated heterocycles. The Hall–Kier alpha value is 0.519. The fraction of sp³-hybridized carbons (Fsp3) is 1.00. The van der Waals surface area contributed by atoms with Gasteiger partial charge in [0, 0.05) is 17.1 Å². The zero-order valence-corrected chi connectivity index (χ0v) is 12.3. The molecule has 3 fully saturated rings. The van der Waals surface area contributed by atoms with Crippen molar-refractivity contribution in [2.24, 2.45) is 23.7 Å². The van der Waals surface area contributed by atoms with Crippen LogP contribution in [0.2, 0.25) is 0 Å². The topological polar surface area (TPSA) is 0 Å². The van der Waals surface area contributed by atoms with E-state index in [0.29, 0.717) is 0 Å². The summed E-state index contributed by atoms with van der Waals surface area (Å²) in [5.74, 6) is 4.55. The van der Waals surface area contributed by atoms with Gasteiger partial charge in [0.15, 0.2) is 0 Å². The first-order chi connectivity index (χ1) is 7.93. The van der Waals surface area contributed by atoms with Gasteiger partial charge in [-0.15, -0.1) is 0 Å². The molecule has 100 valence electrons. The molecule has 0 aliphatic heterocycles. The Bertz CT molecular complexity index is 182. The van der Waals surface area contributed by atoms with Crippen molar-refractivity contribution in [1.29, 1.82) is 0 Å². The molecule has 17 heavy (non-hydrogen) atoms. The third-order valence-electron chi connectivity index (χ3n) is 5.93. The van der Waals surface area contributed by atoms with Gasteiger partial charge in [0.1, 0.15) is 0 Å². The van der Waals surface area contributed by atoms with Gasteiger partial charge in [0.25, 0.3) is 0 Å². The van der Waals surface area contributed by atoms with Crippen molar-refractivity contribution < 1.29 is 17.1 Å². The number of fused-ring (bicyclic) bond motifs is 2. The van der Waals surface area contributed by atoms with Crippen molar-refractivity contribution in [3.05, 3.63) is 0 Å². The molecule has 0 aromatic carbocycles. The van der Waals surface area contributed by atoms with Crippen LogP contribution in [0.25, 0.3) is 0 Å². The Balaban J connectivity index is 0.00000108. The fourth-order valence-corrected chi connectivity index (χ4v) is 5.03. The SMILES string of the molecule is C1CC2CCCC3CCCC3CCCC2C1.[Fe]. The van der Waals surface area contributed by atoms with E-state index < -0.39 is 0 Å². The molecule has 3 rings (SSSR count). The van der Waals surface area contributed by atoms with E-state index in [4.69, 9.17) is 0 Å². The molecule has 0 nitrogen and oxygen atoms in total. The smallest absolute Gasteiger partial charge is 0 e. The molecule has 0 N–H and O–H groups in total. The molecule has 3 aliphatic rings. The third kappa shape index (κ3) is 3.29. The summed E-state index contributed by atoms with van der Waals surface area (Å²) in [6, 6.07) is 0. The second kappa shape index (κ2) is 6.62. The van der Waals surface area contributed by atoms with Gasteiger partial charge in [-0.25, -0.2) is 0 Å². The molecular formula is C16H28Fe. The maximum atomic E-state index is 1.58. The predicted molar refractivity (Wildman–Crippen MR) is 69.4 cm³/mol. The van der Waals surface area contributed by atoms with Crippen LogP contribution < -0.4 is 0 Å². The molecule has 0 spiro atoms. The van der Waals surface area contributed by atoms with Crippen LogP contribution in [-0.4, -0.2) is 0 Å². The van der Waals surface area contributed by atoms with E-state index >= 15 is 0 Å². The Morgan fingerprint density at radius 3 is 0.706 bits per heavy atom. The van der Waals surface area contributed by atoms with Crippen molar-refractivity contribution in [2.75, 3.05) is 0 Å². The number of rotatable bonds is 0. The van der Waals surface area contributed by atoms with Crippen molar-refractivity contribution in [2.45, 2.75) is 77.0 Å². The summed E-state index contributed by atoms with van der Waals surface area (Å²) in [6.07, 6.45) is 18.8. The minimum absolute atomic E-state index is 0. The predicted octanol–water partition coefficient (Wildman–Crippen LogP) is 5.17. The first-order valence-electron chi connectivity index (χ1n) is 7.93. The number of hydrogen-bond donors (Lipinski definition) is 0. The van der Waals surface area contributed by atoms with Gasteiger partial charge in [0.05, 0.1) is 0 Å². The van der Waals surface area contributed by atoms with E-state index in [1.807, 2.05) is 0 Å². The van der Waals surface area contributed by atoms with Crippen LogP contribution >= 0.6 is 0 Å². The van der Waals surface area contributed by atoms with Gasteiger partial charge >= 0.3 is 0 Å². The Morgan fingerprint density at radius 2 is 0.529 bits per heavy atom. The van der Waals surface area contributed by atoms with Crippen LogP contribution in [0.15, 0.2) is 0 Å². The molecular weight excluding hydrogens is 248 g/mol. The summed E-state index contributed by atoms with van der Waals surface area (Å²) in [7, 11) is 0. The number of hydrogen-bond acceptors (Lipinski definition) is 0. The second-order valence-electron chi connectivity index (χ2n) is 6.76. The zero-order valence-electron chi connectivity index (χ0n) is 11.1. The summed E-state index contributed by atoms with van der Waals surface area (Å²) in [4.78, 5) is 0. The molecule has 0 radical (unpaired) electrons. The normalized spacial score (nSPS) is 42.4. The molecule has 3 aliphatic carbocycles. The van der Waals surface area contributed by atoms with Crippen LogP contribution in [0.4, 0.5) is 0 Å². The van der Waals surface area contributed by atoms with Crippen molar-refractivity contribution in [1.82, 2.24) is 0 Å². The minimum atomic E-state index is 0. The molecule has 0 bridgehead atoms. The molecule has 0 aromatic heterocycles. The Kier molecular flexibility index (Phi) is 5.43. The van der Waals surface area contributed by atoms with Crippen molar-refractivity contribution >= 4 is 0 Å². The third-order valence-corrected chi connectivity index (χ3v) is 5.93. The van der Waals surface area contributed by atoms with Gasteiger partial charge in [-0.1, -0.05) is 77.0 Å². The second-order valence-corrected chi connectivity index (χ2v) is 6.76. The van der Waals surface area contributed by atoms with Gasteiger partial charge in [-0.05, 0) is 23.7 Å². The molecule has 0 aromatic rings. The minimum Gasteiger partial charge on any atom is -0.0528 e. The fourth-order valence-electron chi connectivity index (χ4n) is 5.03. The monoisotopic (exact) mass is 276 g/mol. The molecule has 0 unspecified atom stereocenters. The molecule has 0 atom stereocenters. The molecule has 3 saturated carbocycles. The first kappa shape index (κ1) is 13.9. The maximum Gasteiger partial charge on any atom is 0 e. The van der Waals surface area contributed by atoms with Crippen LogP contribution in [0.1, 0.15) is 77.0 Å². The molecule has 0 heterocycles. The van der Waals surface area contributed by atoms with Crippen molar-refractivity contribution in [3.8, 4) is 0 Å². The van der Waals surface area contributed by atoms with E-state index in [1.165, 1.54) is 0 Å². The summed E-state index contributed by atoms with van der Waals surface area (Å²) in [6.45, 7) is 0. The quantitative estimate of drug-likeness (QED) is 0.535. The summed E-state index contributed by atoms with van der Waals surface area (Å²) in [5, 5.41) is 0. The van der Waals surface area contributed by atoms with Crippen LogP contribution in [-0.2, 0) is 17.1 Å². The summed E-state index contributed by atoms with van der Waals surface area (Å²) in [5.41, 5.74) is 0. The zero-order chi connectivity index (χ0) is 10.8. The van der Waals surface area contributed by atoms with Gasteiger partial charge in [-0.2, -0.15) is 0 Å². The first-order valence-corrected chi connectivity index (χ1v) is 7.93. The maximum absolute atomic E-state index is 1.58. The van der Waals surface area contributed by atoms with Gasteiger partial charge in [-0.3, -0.25) is 0 Å². The standard InChI is InChI=1S/C16H28.Fe/c1-5-13-9-3-11-15-7-2-8-16(15)12-4-10-14(13)6-1;/h13-16H,1-12H2;. The average molecular weight is 276 g/mol. The van der Waals surface area contributed by atoms with Crippen LogP contribution in [0, 0.1) is 23.7 Å². The largest absolute Gasteiger partial charge is 0.0528 e. The summed E-state index contributed by atoms with van der Waals surface area (Å²) >= 11 is 0. The van der Waals surface area contributed by atoms with Gasteiger partial charge < -0.3 is 0 Å². The van der Waals surface area contributed by atoms with Crippen LogP contribution in [0.5, 0.6) is 0 Å². The van der Waals surface area contributed by atoms with Crippen molar-refractivity contribution in [3.63, 3.8) is 0 Å². The van der Waals surface area contributed by atoms with E-state index in [1.54, 1.807) is 77.0 Å². The van der Waals surface area contributed by atoms with E-state index in [-0.39, 0.29) is 17.1 Å². The Labute approximate surface area is 118 Å². The van der Waals surface area contributed by atoms with Crippen LogP contribution in [0.3, 0.4) is 0 Å². The van der Waals surface area contributed by atoms with E-state index in [2.05, 4.69) is 0 Å². The summed E-state index contributed by atoms with van der Waals surface area (Å²) < 4.78 is 0. The molecule has 1 heteroatoms. The van der Waals surface area contributed by atoms with E-state index in [9.17, 15) is 0 Å².